The molecular weight excluding hydrogens is 206 g/mol. The zero-order valence-corrected chi connectivity index (χ0v) is 10.2. The average Bonchev–Trinajstić information content (AvgIpc) is 2.29. The van der Waals surface area contributed by atoms with Crippen LogP contribution in [0, 0.1) is 0 Å². The molecule has 0 N–H and O–H groups in total. The Kier molecular flexibility index (Phi) is 5.49. The first-order valence-electron chi connectivity index (χ1n) is 5.73. The van der Waals surface area contributed by atoms with Gasteiger partial charge in [-0.3, -0.25) is 9.69 Å². The molecule has 16 heavy (non-hydrogen) atoms. The van der Waals surface area contributed by atoms with Gasteiger partial charge in [-0.1, -0.05) is 19.1 Å². The first kappa shape index (κ1) is 13.2. The summed E-state index contributed by atoms with van der Waals surface area (Å²) < 4.78 is 10.2. The predicted octanol–water partition coefficient (Wildman–Crippen LogP) is 1.22. The Morgan fingerprint density at radius 3 is 3.00 bits per heavy atom. The highest BCUT2D eigenvalue weighted by Crippen LogP contribution is 2.11. The minimum Gasteiger partial charge on any atom is -0.469 e. The molecule has 0 bridgehead atoms. The zero-order chi connectivity index (χ0) is 12.0. The molecule has 1 aliphatic rings. The van der Waals surface area contributed by atoms with Crippen molar-refractivity contribution < 1.29 is 14.3 Å². The fourth-order valence-corrected chi connectivity index (χ4v) is 1.74. The molecule has 0 aromatic rings. The third kappa shape index (κ3) is 4.33. The van der Waals surface area contributed by atoms with E-state index in [2.05, 4.69) is 23.1 Å². The maximum atomic E-state index is 11.1. The van der Waals surface area contributed by atoms with Crippen molar-refractivity contribution in [2.24, 2.45) is 0 Å². The summed E-state index contributed by atoms with van der Waals surface area (Å²) in [4.78, 5) is 13.4. The summed E-state index contributed by atoms with van der Waals surface area (Å²) in [5, 5.41) is 0. The Morgan fingerprint density at radius 2 is 2.38 bits per heavy atom. The van der Waals surface area contributed by atoms with Gasteiger partial charge in [-0.15, -0.1) is 0 Å². The van der Waals surface area contributed by atoms with Crippen molar-refractivity contribution in [3.8, 4) is 0 Å². The van der Waals surface area contributed by atoms with E-state index in [1.165, 1.54) is 12.7 Å². The Balaban J connectivity index is 2.35. The van der Waals surface area contributed by atoms with E-state index in [1.54, 1.807) is 0 Å². The van der Waals surface area contributed by atoms with Gasteiger partial charge in [0, 0.05) is 19.6 Å². The largest absolute Gasteiger partial charge is 0.469 e. The molecule has 0 spiro atoms. The van der Waals surface area contributed by atoms with Crippen LogP contribution in [0.2, 0.25) is 0 Å². The molecule has 1 unspecified atom stereocenters. The van der Waals surface area contributed by atoms with Gasteiger partial charge >= 0.3 is 5.97 Å². The van der Waals surface area contributed by atoms with E-state index in [0.717, 1.165) is 26.1 Å². The molecule has 1 saturated heterocycles. The fraction of sp³-hybridized carbons (Fsp3) is 0.750. The standard InChI is InChI=1S/C12H21NO3/c1-4-10(2)8-13-5-6-16-11(9-13)7-12(14)15-3/h11H,2,4-9H2,1,3H3. The minimum atomic E-state index is -0.207. The lowest BCUT2D eigenvalue weighted by molar-refractivity contribution is -0.145. The fourth-order valence-electron chi connectivity index (χ4n) is 1.74. The number of hydrogen-bond donors (Lipinski definition) is 0. The Labute approximate surface area is 97.2 Å². The molecule has 1 fully saturated rings. The summed E-state index contributed by atoms with van der Waals surface area (Å²) in [6.45, 7) is 9.38. The summed E-state index contributed by atoms with van der Waals surface area (Å²) in [5.74, 6) is -0.207. The van der Waals surface area contributed by atoms with E-state index in [-0.39, 0.29) is 12.1 Å². The normalized spacial score (nSPS) is 21.8. The molecule has 4 nitrogen and oxygen atoms in total. The third-order valence-corrected chi connectivity index (χ3v) is 2.79. The van der Waals surface area contributed by atoms with Crippen molar-refractivity contribution in [1.82, 2.24) is 4.90 Å². The summed E-state index contributed by atoms with van der Waals surface area (Å²) in [5.41, 5.74) is 1.22. The topological polar surface area (TPSA) is 38.8 Å². The number of rotatable bonds is 5. The summed E-state index contributed by atoms with van der Waals surface area (Å²) >= 11 is 0. The van der Waals surface area contributed by atoms with Crippen LogP contribution in [0.15, 0.2) is 12.2 Å². The van der Waals surface area contributed by atoms with Crippen LogP contribution in [0.1, 0.15) is 19.8 Å². The summed E-state index contributed by atoms with van der Waals surface area (Å²) in [6.07, 6.45) is 1.30. The van der Waals surface area contributed by atoms with E-state index in [9.17, 15) is 4.79 Å². The lowest BCUT2D eigenvalue weighted by atomic mass is 10.1. The van der Waals surface area contributed by atoms with Gasteiger partial charge in [0.05, 0.1) is 26.2 Å². The Bertz CT molecular complexity index is 229. The Hall–Kier alpha value is -0.870. The van der Waals surface area contributed by atoms with Crippen molar-refractivity contribution in [2.45, 2.75) is 25.9 Å². The van der Waals surface area contributed by atoms with E-state index in [1.807, 2.05) is 0 Å². The molecule has 1 heterocycles. The van der Waals surface area contributed by atoms with Crippen LogP contribution >= 0.6 is 0 Å². The zero-order valence-electron chi connectivity index (χ0n) is 10.2. The first-order valence-corrected chi connectivity index (χ1v) is 5.73. The maximum absolute atomic E-state index is 11.1. The van der Waals surface area contributed by atoms with E-state index in [4.69, 9.17) is 4.74 Å². The van der Waals surface area contributed by atoms with Crippen LogP contribution in [-0.2, 0) is 14.3 Å². The number of methoxy groups -OCH3 is 1. The van der Waals surface area contributed by atoms with Crippen LogP contribution in [0.4, 0.5) is 0 Å². The van der Waals surface area contributed by atoms with Crippen LogP contribution in [0.5, 0.6) is 0 Å². The molecular formula is C12H21NO3. The molecule has 4 heteroatoms. The predicted molar refractivity (Wildman–Crippen MR) is 62.2 cm³/mol. The van der Waals surface area contributed by atoms with Crippen LogP contribution < -0.4 is 0 Å². The number of hydrogen-bond acceptors (Lipinski definition) is 4. The molecule has 1 rings (SSSR count). The number of esters is 1. The molecule has 1 aliphatic heterocycles. The quantitative estimate of drug-likeness (QED) is 0.523. The number of ether oxygens (including phenoxy) is 2. The highest BCUT2D eigenvalue weighted by molar-refractivity contribution is 5.69. The second kappa shape index (κ2) is 6.66. The smallest absolute Gasteiger partial charge is 0.308 e. The van der Waals surface area contributed by atoms with Crippen molar-refractivity contribution in [3.63, 3.8) is 0 Å². The highest BCUT2D eigenvalue weighted by atomic mass is 16.5. The van der Waals surface area contributed by atoms with Crippen LogP contribution in [0.3, 0.4) is 0 Å². The van der Waals surface area contributed by atoms with Gasteiger partial charge in [-0.25, -0.2) is 0 Å². The van der Waals surface area contributed by atoms with Gasteiger partial charge in [0.15, 0.2) is 0 Å². The van der Waals surface area contributed by atoms with Crippen LogP contribution in [0.25, 0.3) is 0 Å². The second-order valence-electron chi connectivity index (χ2n) is 4.11. The number of carbonyl (C=O) groups excluding carboxylic acids is 1. The lowest BCUT2D eigenvalue weighted by Crippen LogP contribution is -2.44. The third-order valence-electron chi connectivity index (χ3n) is 2.79. The van der Waals surface area contributed by atoms with Gasteiger partial charge in [0.2, 0.25) is 0 Å². The van der Waals surface area contributed by atoms with Gasteiger partial charge < -0.3 is 9.47 Å². The number of morpholine rings is 1. The molecule has 0 aliphatic carbocycles. The highest BCUT2D eigenvalue weighted by Gasteiger charge is 2.23. The van der Waals surface area contributed by atoms with Gasteiger partial charge in [-0.05, 0) is 6.42 Å². The minimum absolute atomic E-state index is 0.0362. The maximum Gasteiger partial charge on any atom is 0.308 e. The van der Waals surface area contributed by atoms with Crippen molar-refractivity contribution in [3.05, 3.63) is 12.2 Å². The SMILES string of the molecule is C=C(CC)CN1CCOC(CC(=O)OC)C1. The molecule has 0 aromatic heterocycles. The molecule has 1 atom stereocenters. The summed E-state index contributed by atoms with van der Waals surface area (Å²) in [7, 11) is 1.40. The molecule has 0 saturated carbocycles. The molecule has 92 valence electrons. The van der Waals surface area contributed by atoms with Crippen LogP contribution in [-0.4, -0.2) is 50.3 Å². The van der Waals surface area contributed by atoms with E-state index >= 15 is 0 Å². The number of carbonyl (C=O) groups is 1. The van der Waals surface area contributed by atoms with Crippen molar-refractivity contribution in [2.75, 3.05) is 33.4 Å². The van der Waals surface area contributed by atoms with E-state index < -0.39 is 0 Å². The molecule has 0 radical (unpaired) electrons. The second-order valence-corrected chi connectivity index (χ2v) is 4.11. The molecule has 0 aromatic carbocycles. The van der Waals surface area contributed by atoms with E-state index in [0.29, 0.717) is 13.0 Å². The number of nitrogens with zero attached hydrogens (tertiary/aromatic N) is 1. The average molecular weight is 227 g/mol. The Morgan fingerprint density at radius 1 is 1.62 bits per heavy atom. The van der Waals surface area contributed by atoms with Gasteiger partial charge in [-0.2, -0.15) is 0 Å². The van der Waals surface area contributed by atoms with Crippen molar-refractivity contribution in [1.29, 1.82) is 0 Å². The monoisotopic (exact) mass is 227 g/mol. The lowest BCUT2D eigenvalue weighted by Gasteiger charge is -2.32. The first-order chi connectivity index (χ1) is 7.65. The van der Waals surface area contributed by atoms with Gasteiger partial charge in [0.25, 0.3) is 0 Å². The van der Waals surface area contributed by atoms with Gasteiger partial charge in [0.1, 0.15) is 0 Å². The summed E-state index contributed by atoms with van der Waals surface area (Å²) in [6, 6.07) is 0. The van der Waals surface area contributed by atoms with Crippen molar-refractivity contribution >= 4 is 5.97 Å². The molecule has 0 amide bonds.